The van der Waals surface area contributed by atoms with Crippen LogP contribution in [0.3, 0.4) is 0 Å². The first-order valence-corrected chi connectivity index (χ1v) is 10.9. The van der Waals surface area contributed by atoms with E-state index >= 15 is 0 Å². The molecule has 0 amide bonds. The van der Waals surface area contributed by atoms with Crippen molar-refractivity contribution in [3.05, 3.63) is 79.9 Å². The van der Waals surface area contributed by atoms with Gasteiger partial charge in [-0.25, -0.2) is 9.59 Å². The minimum atomic E-state index is -0.952. The van der Waals surface area contributed by atoms with E-state index in [1.807, 2.05) is 0 Å². The molecular formula is C24H26N2O8. The number of nitro benzene ring substituents is 2. The van der Waals surface area contributed by atoms with Gasteiger partial charge < -0.3 is 9.47 Å². The Balaban J connectivity index is 1.84. The van der Waals surface area contributed by atoms with E-state index in [0.717, 1.165) is 24.6 Å². The predicted molar refractivity (Wildman–Crippen MR) is 121 cm³/mol. The minimum absolute atomic E-state index is 0.0625. The second-order valence-electron chi connectivity index (χ2n) is 9.38. The van der Waals surface area contributed by atoms with Crippen LogP contribution in [0, 0.1) is 31.6 Å². The van der Waals surface area contributed by atoms with Crippen LogP contribution < -0.4 is 0 Å². The zero-order valence-electron chi connectivity index (χ0n) is 19.1. The fourth-order valence-corrected chi connectivity index (χ4v) is 4.06. The lowest BCUT2D eigenvalue weighted by Crippen LogP contribution is -2.43. The molecule has 2 aromatic carbocycles. The topological polar surface area (TPSA) is 139 Å². The van der Waals surface area contributed by atoms with Gasteiger partial charge in [0.1, 0.15) is 12.2 Å². The lowest BCUT2D eigenvalue weighted by molar-refractivity contribution is -0.394. The Kier molecular flexibility index (Phi) is 7.29. The van der Waals surface area contributed by atoms with E-state index in [2.05, 4.69) is 20.8 Å². The van der Waals surface area contributed by atoms with Gasteiger partial charge in [0.2, 0.25) is 0 Å². The smallest absolute Gasteiger partial charge is 0.339 e. The van der Waals surface area contributed by atoms with Crippen molar-refractivity contribution < 1.29 is 28.9 Å². The molecule has 2 aromatic rings. The fourth-order valence-electron chi connectivity index (χ4n) is 4.06. The maximum atomic E-state index is 12.8. The summed E-state index contributed by atoms with van der Waals surface area (Å²) in [4.78, 5) is 46.2. The zero-order chi connectivity index (χ0) is 25.0. The summed E-state index contributed by atoms with van der Waals surface area (Å²) in [7, 11) is 0. The molecular weight excluding hydrogens is 444 g/mol. The van der Waals surface area contributed by atoms with Gasteiger partial charge in [-0.05, 0) is 42.7 Å². The molecule has 1 aliphatic carbocycles. The molecule has 1 aliphatic rings. The molecule has 3 atom stereocenters. The van der Waals surface area contributed by atoms with Gasteiger partial charge in [-0.15, -0.1) is 0 Å². The third-order valence-corrected chi connectivity index (χ3v) is 6.04. The number of hydrogen-bond donors (Lipinski definition) is 0. The Labute approximate surface area is 196 Å². The molecule has 10 heteroatoms. The van der Waals surface area contributed by atoms with Crippen molar-refractivity contribution in [3.63, 3.8) is 0 Å². The maximum Gasteiger partial charge on any atom is 0.339 e. The quantitative estimate of drug-likeness (QED) is 0.323. The number of carbonyl (C=O) groups excluding carboxylic acids is 2. The Morgan fingerprint density at radius 3 is 1.88 bits per heavy atom. The van der Waals surface area contributed by atoms with E-state index in [-0.39, 0.29) is 16.9 Å². The molecule has 0 N–H and O–H groups in total. The Bertz CT molecular complexity index is 1060. The van der Waals surface area contributed by atoms with Gasteiger partial charge in [-0.2, -0.15) is 0 Å². The summed E-state index contributed by atoms with van der Waals surface area (Å²) in [6.45, 7) is 6.26. The average molecular weight is 470 g/mol. The molecule has 1 saturated carbocycles. The predicted octanol–water partition coefficient (Wildman–Crippen LogP) is 5.10. The summed E-state index contributed by atoms with van der Waals surface area (Å²) in [5, 5.41) is 22.3. The third-order valence-electron chi connectivity index (χ3n) is 6.04. The van der Waals surface area contributed by atoms with Crippen LogP contribution >= 0.6 is 0 Å². The molecule has 0 aromatic heterocycles. The molecule has 2 unspecified atom stereocenters. The minimum Gasteiger partial charge on any atom is -0.455 e. The van der Waals surface area contributed by atoms with Crippen LogP contribution in [0.1, 0.15) is 60.7 Å². The van der Waals surface area contributed by atoms with E-state index in [9.17, 15) is 29.8 Å². The van der Waals surface area contributed by atoms with Crippen LogP contribution in [0.2, 0.25) is 0 Å². The highest BCUT2D eigenvalue weighted by molar-refractivity contribution is 5.91. The number of rotatable bonds is 6. The SMILES string of the molecule is CC(C)(C)C1CCC(OC(=O)c2cc([N+](=O)[O-])cc([N+](=O)[O-])c2)[C@H](OC(=O)c2ccccc2)C1. The summed E-state index contributed by atoms with van der Waals surface area (Å²) >= 11 is 0. The highest BCUT2D eigenvalue weighted by atomic mass is 16.6. The van der Waals surface area contributed by atoms with E-state index in [1.165, 1.54) is 0 Å². The van der Waals surface area contributed by atoms with E-state index in [0.29, 0.717) is 18.4 Å². The van der Waals surface area contributed by atoms with Gasteiger partial charge in [0, 0.05) is 12.1 Å². The number of nitrogens with zero attached hydrogens (tertiary/aromatic N) is 2. The van der Waals surface area contributed by atoms with Crippen molar-refractivity contribution in [2.75, 3.05) is 0 Å². The van der Waals surface area contributed by atoms with Gasteiger partial charge in [0.15, 0.2) is 0 Å². The first kappa shape index (κ1) is 24.8. The van der Waals surface area contributed by atoms with Gasteiger partial charge >= 0.3 is 11.9 Å². The molecule has 0 aliphatic heterocycles. The van der Waals surface area contributed by atoms with Crippen LogP contribution in [0.15, 0.2) is 48.5 Å². The van der Waals surface area contributed by atoms with Crippen molar-refractivity contribution in [1.29, 1.82) is 0 Å². The lowest BCUT2D eigenvalue weighted by atomic mass is 9.71. The second kappa shape index (κ2) is 9.98. The molecule has 0 saturated heterocycles. The average Bonchev–Trinajstić information content (AvgIpc) is 2.79. The fraction of sp³-hybridized carbons (Fsp3) is 0.417. The van der Waals surface area contributed by atoms with Crippen LogP contribution in [0.5, 0.6) is 0 Å². The summed E-state index contributed by atoms with van der Waals surface area (Å²) in [6, 6.07) is 11.1. The van der Waals surface area contributed by atoms with Crippen molar-refractivity contribution in [3.8, 4) is 0 Å². The highest BCUT2D eigenvalue weighted by Gasteiger charge is 2.40. The Hall–Kier alpha value is -3.82. The molecule has 180 valence electrons. The molecule has 0 bridgehead atoms. The first-order valence-electron chi connectivity index (χ1n) is 10.9. The molecule has 10 nitrogen and oxygen atoms in total. The molecule has 0 heterocycles. The number of esters is 2. The van der Waals surface area contributed by atoms with Gasteiger partial charge in [0.25, 0.3) is 11.4 Å². The maximum absolute atomic E-state index is 12.8. The Morgan fingerprint density at radius 2 is 1.35 bits per heavy atom. The molecule has 0 radical (unpaired) electrons. The molecule has 34 heavy (non-hydrogen) atoms. The largest absolute Gasteiger partial charge is 0.455 e. The van der Waals surface area contributed by atoms with Gasteiger partial charge in [-0.3, -0.25) is 20.2 Å². The second-order valence-corrected chi connectivity index (χ2v) is 9.38. The normalized spacial score (nSPS) is 20.3. The monoisotopic (exact) mass is 470 g/mol. The van der Waals surface area contributed by atoms with Crippen LogP contribution in [-0.2, 0) is 9.47 Å². The van der Waals surface area contributed by atoms with E-state index in [1.54, 1.807) is 30.3 Å². The molecule has 1 fully saturated rings. The first-order chi connectivity index (χ1) is 16.0. The van der Waals surface area contributed by atoms with Gasteiger partial charge in [0.05, 0.1) is 27.0 Å². The number of ether oxygens (including phenoxy) is 2. The van der Waals surface area contributed by atoms with Crippen LogP contribution in [0.25, 0.3) is 0 Å². The van der Waals surface area contributed by atoms with Gasteiger partial charge in [-0.1, -0.05) is 39.0 Å². The number of benzene rings is 2. The van der Waals surface area contributed by atoms with Crippen molar-refractivity contribution in [2.24, 2.45) is 11.3 Å². The standard InChI is InChI=1S/C24H26N2O8/c1-24(2,3)17-9-10-20(21(13-17)34-22(27)15-7-5-4-6-8-15)33-23(28)16-11-18(25(29)30)14-19(12-16)26(31)32/h4-8,11-12,14,17,20-21H,9-10,13H2,1-3H3/t17?,20?,21-/m1/s1. The summed E-state index contributed by atoms with van der Waals surface area (Å²) in [5.74, 6) is -1.30. The number of non-ortho nitro benzene ring substituents is 2. The van der Waals surface area contributed by atoms with Crippen LogP contribution in [0.4, 0.5) is 11.4 Å². The summed E-state index contributed by atoms with van der Waals surface area (Å²) < 4.78 is 11.3. The number of nitro groups is 2. The van der Waals surface area contributed by atoms with Crippen molar-refractivity contribution in [2.45, 2.75) is 52.2 Å². The lowest BCUT2D eigenvalue weighted by Gasteiger charge is -2.40. The Morgan fingerprint density at radius 1 is 0.824 bits per heavy atom. The van der Waals surface area contributed by atoms with Crippen LogP contribution in [-0.4, -0.2) is 34.0 Å². The number of carbonyl (C=O) groups is 2. The van der Waals surface area contributed by atoms with E-state index < -0.39 is 45.4 Å². The van der Waals surface area contributed by atoms with Crippen molar-refractivity contribution in [1.82, 2.24) is 0 Å². The highest BCUT2D eigenvalue weighted by Crippen LogP contribution is 2.40. The van der Waals surface area contributed by atoms with E-state index in [4.69, 9.17) is 9.47 Å². The third kappa shape index (κ3) is 5.94. The molecule has 3 rings (SSSR count). The number of hydrogen-bond acceptors (Lipinski definition) is 8. The summed E-state index contributed by atoms with van der Waals surface area (Å²) in [5.41, 5.74) is -1.20. The molecule has 0 spiro atoms. The summed E-state index contributed by atoms with van der Waals surface area (Å²) in [6.07, 6.45) is 0.0722. The zero-order valence-corrected chi connectivity index (χ0v) is 19.1. The van der Waals surface area contributed by atoms with Crippen molar-refractivity contribution >= 4 is 23.3 Å².